The van der Waals surface area contributed by atoms with Gasteiger partial charge in [0.15, 0.2) is 0 Å². The van der Waals surface area contributed by atoms with Crippen LogP contribution in [0.5, 0.6) is 0 Å². The molecular weight excluding hydrogens is 226 g/mol. The molecule has 1 aliphatic heterocycles. The van der Waals surface area contributed by atoms with Crippen LogP contribution in [0.2, 0.25) is 0 Å². The Bertz CT molecular complexity index is 522. The number of aromatic nitrogens is 1. The molecule has 0 aromatic carbocycles. The fourth-order valence-electron chi connectivity index (χ4n) is 3.17. The third-order valence-electron chi connectivity index (χ3n) is 4.43. The molecule has 1 aromatic heterocycles. The van der Waals surface area contributed by atoms with E-state index in [4.69, 9.17) is 10.5 Å². The van der Waals surface area contributed by atoms with Crippen LogP contribution >= 0.6 is 0 Å². The Kier molecular flexibility index (Phi) is 2.60. The zero-order chi connectivity index (χ0) is 12.9. The first-order chi connectivity index (χ1) is 8.65. The standard InChI is InChI=1S/C14H19N3O/c1-8-9(2)17(14(16)11(8)7-15)12-5-6-18-13(12)10-3-4-10/h10,12-13H,3-6,16H2,1-2H3. The minimum absolute atomic E-state index is 0.296. The predicted octanol–water partition coefficient (Wildman–Crippen LogP) is 2.30. The molecule has 4 heteroatoms. The highest BCUT2D eigenvalue weighted by molar-refractivity contribution is 5.58. The zero-order valence-electron chi connectivity index (χ0n) is 10.9. The van der Waals surface area contributed by atoms with E-state index in [0.717, 1.165) is 24.3 Å². The highest BCUT2D eigenvalue weighted by Gasteiger charge is 2.42. The van der Waals surface area contributed by atoms with Crippen molar-refractivity contribution in [2.24, 2.45) is 5.92 Å². The number of anilines is 1. The van der Waals surface area contributed by atoms with E-state index < -0.39 is 0 Å². The molecule has 1 saturated carbocycles. The van der Waals surface area contributed by atoms with Crippen LogP contribution in [0, 0.1) is 31.1 Å². The molecule has 4 nitrogen and oxygen atoms in total. The van der Waals surface area contributed by atoms with Crippen LogP contribution in [0.1, 0.15) is 42.1 Å². The van der Waals surface area contributed by atoms with Gasteiger partial charge in [-0.05, 0) is 44.6 Å². The molecule has 0 spiro atoms. The van der Waals surface area contributed by atoms with Gasteiger partial charge in [-0.15, -0.1) is 0 Å². The first-order valence-electron chi connectivity index (χ1n) is 6.63. The van der Waals surface area contributed by atoms with Crippen molar-refractivity contribution in [3.05, 3.63) is 16.8 Å². The minimum atomic E-state index is 0.296. The lowest BCUT2D eigenvalue weighted by Gasteiger charge is -2.23. The van der Waals surface area contributed by atoms with Gasteiger partial charge in [0.05, 0.1) is 17.7 Å². The summed E-state index contributed by atoms with van der Waals surface area (Å²) < 4.78 is 8.02. The number of nitrogens with two attached hydrogens (primary N) is 1. The van der Waals surface area contributed by atoms with E-state index in [1.807, 2.05) is 6.92 Å². The summed E-state index contributed by atoms with van der Waals surface area (Å²) in [5.41, 5.74) is 8.92. The third kappa shape index (κ3) is 1.54. The second kappa shape index (κ2) is 4.03. The van der Waals surface area contributed by atoms with Gasteiger partial charge >= 0.3 is 0 Å². The first-order valence-corrected chi connectivity index (χ1v) is 6.63. The third-order valence-corrected chi connectivity index (χ3v) is 4.43. The van der Waals surface area contributed by atoms with Crippen LogP contribution in [0.15, 0.2) is 0 Å². The number of hydrogen-bond acceptors (Lipinski definition) is 3. The van der Waals surface area contributed by atoms with Gasteiger partial charge in [0.2, 0.25) is 0 Å². The maximum Gasteiger partial charge on any atom is 0.122 e. The molecule has 2 heterocycles. The van der Waals surface area contributed by atoms with E-state index in [9.17, 15) is 5.26 Å². The number of nitriles is 1. The summed E-state index contributed by atoms with van der Waals surface area (Å²) in [5.74, 6) is 1.32. The number of nitrogens with zero attached hydrogens (tertiary/aromatic N) is 2. The fourth-order valence-corrected chi connectivity index (χ4v) is 3.17. The van der Waals surface area contributed by atoms with E-state index >= 15 is 0 Å². The normalized spacial score (nSPS) is 27.4. The molecular formula is C14H19N3O. The SMILES string of the molecule is Cc1c(C#N)c(N)n(C2CCOC2C2CC2)c1C. The molecule has 0 amide bonds. The van der Waals surface area contributed by atoms with Gasteiger partial charge in [-0.2, -0.15) is 5.26 Å². The van der Waals surface area contributed by atoms with Crippen LogP contribution in [0.25, 0.3) is 0 Å². The molecule has 2 unspecified atom stereocenters. The molecule has 3 rings (SSSR count). The van der Waals surface area contributed by atoms with Crippen LogP contribution in [-0.2, 0) is 4.74 Å². The van der Waals surface area contributed by atoms with Crippen LogP contribution in [0.4, 0.5) is 5.82 Å². The number of nitrogen functional groups attached to an aromatic ring is 1. The molecule has 2 atom stereocenters. The summed E-state index contributed by atoms with van der Waals surface area (Å²) in [6.45, 7) is 4.83. The lowest BCUT2D eigenvalue weighted by Crippen LogP contribution is -2.24. The van der Waals surface area contributed by atoms with Gasteiger partial charge in [0.1, 0.15) is 11.9 Å². The zero-order valence-corrected chi connectivity index (χ0v) is 10.9. The quantitative estimate of drug-likeness (QED) is 0.869. The average Bonchev–Trinajstić information content (AvgIpc) is 3.05. The van der Waals surface area contributed by atoms with Gasteiger partial charge in [-0.25, -0.2) is 0 Å². The Morgan fingerprint density at radius 1 is 1.33 bits per heavy atom. The maximum absolute atomic E-state index is 9.19. The highest BCUT2D eigenvalue weighted by atomic mass is 16.5. The fraction of sp³-hybridized carbons (Fsp3) is 0.643. The van der Waals surface area contributed by atoms with Crippen LogP contribution in [0.3, 0.4) is 0 Å². The van der Waals surface area contributed by atoms with Gasteiger partial charge in [0.25, 0.3) is 0 Å². The Hall–Kier alpha value is -1.47. The lowest BCUT2D eigenvalue weighted by atomic mass is 10.1. The highest BCUT2D eigenvalue weighted by Crippen LogP contribution is 2.45. The molecule has 2 aliphatic rings. The lowest BCUT2D eigenvalue weighted by molar-refractivity contribution is 0.0752. The van der Waals surface area contributed by atoms with E-state index in [1.165, 1.54) is 12.8 Å². The number of rotatable bonds is 2. The van der Waals surface area contributed by atoms with E-state index in [1.54, 1.807) is 0 Å². The van der Waals surface area contributed by atoms with E-state index in [-0.39, 0.29) is 0 Å². The average molecular weight is 245 g/mol. The van der Waals surface area contributed by atoms with Crippen molar-refractivity contribution in [1.82, 2.24) is 4.57 Å². The van der Waals surface area contributed by atoms with Crippen molar-refractivity contribution in [2.75, 3.05) is 12.3 Å². The van der Waals surface area contributed by atoms with Gasteiger partial charge in [-0.3, -0.25) is 0 Å². The summed E-state index contributed by atoms with van der Waals surface area (Å²) >= 11 is 0. The van der Waals surface area contributed by atoms with Crippen molar-refractivity contribution >= 4 is 5.82 Å². The Morgan fingerprint density at radius 2 is 2.06 bits per heavy atom. The topological polar surface area (TPSA) is 64.0 Å². The molecule has 96 valence electrons. The van der Waals surface area contributed by atoms with Gasteiger partial charge in [-0.1, -0.05) is 0 Å². The van der Waals surface area contributed by atoms with Crippen molar-refractivity contribution in [3.8, 4) is 6.07 Å². The number of ether oxygens (including phenoxy) is 1. The summed E-state index contributed by atoms with van der Waals surface area (Å²) in [6, 6.07) is 2.54. The summed E-state index contributed by atoms with van der Waals surface area (Å²) in [6.07, 6.45) is 3.84. The largest absolute Gasteiger partial charge is 0.384 e. The van der Waals surface area contributed by atoms with Gasteiger partial charge < -0.3 is 15.0 Å². The molecule has 18 heavy (non-hydrogen) atoms. The van der Waals surface area contributed by atoms with Crippen molar-refractivity contribution < 1.29 is 4.74 Å². The molecule has 1 saturated heterocycles. The Balaban J connectivity index is 2.04. The Morgan fingerprint density at radius 3 is 2.61 bits per heavy atom. The molecule has 1 aliphatic carbocycles. The molecule has 2 N–H and O–H groups in total. The molecule has 2 fully saturated rings. The monoisotopic (exact) mass is 245 g/mol. The van der Waals surface area contributed by atoms with Crippen LogP contribution < -0.4 is 5.73 Å². The van der Waals surface area contributed by atoms with E-state index in [2.05, 4.69) is 17.6 Å². The molecule has 1 aromatic rings. The molecule has 0 bridgehead atoms. The second-order valence-electron chi connectivity index (χ2n) is 5.48. The van der Waals surface area contributed by atoms with Crippen molar-refractivity contribution in [3.63, 3.8) is 0 Å². The molecule has 0 radical (unpaired) electrons. The maximum atomic E-state index is 9.19. The second-order valence-corrected chi connectivity index (χ2v) is 5.48. The van der Waals surface area contributed by atoms with Crippen LogP contribution in [-0.4, -0.2) is 17.3 Å². The van der Waals surface area contributed by atoms with Gasteiger partial charge in [0, 0.05) is 12.3 Å². The smallest absolute Gasteiger partial charge is 0.122 e. The Labute approximate surface area is 107 Å². The van der Waals surface area contributed by atoms with Crippen molar-refractivity contribution in [2.45, 2.75) is 45.3 Å². The summed E-state index contributed by atoms with van der Waals surface area (Å²) in [4.78, 5) is 0. The first kappa shape index (κ1) is 11.6. The van der Waals surface area contributed by atoms with Crippen molar-refractivity contribution in [1.29, 1.82) is 5.26 Å². The summed E-state index contributed by atoms with van der Waals surface area (Å²) in [7, 11) is 0. The predicted molar refractivity (Wildman–Crippen MR) is 69.2 cm³/mol. The summed E-state index contributed by atoms with van der Waals surface area (Å²) in [5, 5.41) is 9.19. The van der Waals surface area contributed by atoms with E-state index in [0.29, 0.717) is 29.4 Å². The number of hydrogen-bond donors (Lipinski definition) is 1. The minimum Gasteiger partial charge on any atom is -0.384 e.